The number of para-hydroxylation sites is 1. The van der Waals surface area contributed by atoms with E-state index in [1.807, 2.05) is 6.07 Å². The van der Waals surface area contributed by atoms with Gasteiger partial charge in [0.15, 0.2) is 0 Å². The van der Waals surface area contributed by atoms with Crippen LogP contribution in [0.3, 0.4) is 0 Å². The maximum Gasteiger partial charge on any atom is 0.343 e. The maximum atomic E-state index is 11.8. The molecule has 0 spiro atoms. The molecule has 2 aromatic rings. The fraction of sp³-hybridized carbons (Fsp3) is 0.0667. The summed E-state index contributed by atoms with van der Waals surface area (Å²) in [5.74, 6) is -0.0846. The monoisotopic (exact) mass is 255 g/mol. The lowest BCUT2D eigenvalue weighted by Gasteiger charge is -2.05. The van der Waals surface area contributed by atoms with Gasteiger partial charge in [0.2, 0.25) is 5.91 Å². The highest BCUT2D eigenvalue weighted by Gasteiger charge is 2.08. The first-order valence-corrected chi connectivity index (χ1v) is 5.80. The molecule has 1 N–H and O–H groups in total. The molecular weight excluding hydrogens is 242 g/mol. The SMILES string of the molecule is CC(=O)Nc1ccc(C(=O)Oc2ccccc2)cc1. The van der Waals surface area contributed by atoms with Crippen molar-refractivity contribution >= 4 is 17.6 Å². The third-order valence-corrected chi connectivity index (χ3v) is 2.39. The van der Waals surface area contributed by atoms with Gasteiger partial charge in [-0.05, 0) is 36.4 Å². The minimum Gasteiger partial charge on any atom is -0.423 e. The molecule has 0 aromatic heterocycles. The molecule has 0 fully saturated rings. The minimum atomic E-state index is -0.430. The van der Waals surface area contributed by atoms with Crippen molar-refractivity contribution in [3.05, 3.63) is 60.2 Å². The van der Waals surface area contributed by atoms with Gasteiger partial charge in [-0.1, -0.05) is 18.2 Å². The van der Waals surface area contributed by atoms with E-state index in [1.54, 1.807) is 48.5 Å². The molecule has 0 heterocycles. The zero-order valence-electron chi connectivity index (χ0n) is 10.4. The standard InChI is InChI=1S/C15H13NO3/c1-11(17)16-13-9-7-12(8-10-13)15(18)19-14-5-3-2-4-6-14/h2-10H,1H3,(H,16,17). The van der Waals surface area contributed by atoms with E-state index in [-0.39, 0.29) is 5.91 Å². The van der Waals surface area contributed by atoms with Crippen molar-refractivity contribution in [2.45, 2.75) is 6.92 Å². The Balaban J connectivity index is 2.05. The zero-order chi connectivity index (χ0) is 13.7. The summed E-state index contributed by atoms with van der Waals surface area (Å²) >= 11 is 0. The molecule has 0 unspecified atom stereocenters. The first kappa shape index (κ1) is 12.8. The van der Waals surface area contributed by atoms with E-state index in [0.717, 1.165) is 0 Å². The first-order valence-electron chi connectivity index (χ1n) is 5.80. The number of amides is 1. The molecule has 19 heavy (non-hydrogen) atoms. The molecule has 0 atom stereocenters. The second-order valence-electron chi connectivity index (χ2n) is 3.96. The average Bonchev–Trinajstić information content (AvgIpc) is 2.40. The Morgan fingerprint density at radius 3 is 2.16 bits per heavy atom. The number of ether oxygens (including phenoxy) is 1. The van der Waals surface area contributed by atoms with Crippen LogP contribution in [0.1, 0.15) is 17.3 Å². The second-order valence-corrected chi connectivity index (χ2v) is 3.96. The molecule has 0 radical (unpaired) electrons. The van der Waals surface area contributed by atoms with Crippen LogP contribution in [-0.2, 0) is 4.79 Å². The molecule has 0 saturated heterocycles. The van der Waals surface area contributed by atoms with Crippen LogP contribution < -0.4 is 10.1 Å². The number of benzene rings is 2. The number of carbonyl (C=O) groups excluding carboxylic acids is 2. The lowest BCUT2D eigenvalue weighted by Crippen LogP contribution is -2.09. The van der Waals surface area contributed by atoms with E-state index in [1.165, 1.54) is 6.92 Å². The Morgan fingerprint density at radius 2 is 1.58 bits per heavy atom. The molecule has 2 aromatic carbocycles. The molecule has 0 aliphatic rings. The molecule has 4 heteroatoms. The number of esters is 1. The number of anilines is 1. The average molecular weight is 255 g/mol. The number of rotatable bonds is 3. The number of carbonyl (C=O) groups is 2. The van der Waals surface area contributed by atoms with Crippen molar-refractivity contribution in [2.75, 3.05) is 5.32 Å². The van der Waals surface area contributed by atoms with Crippen molar-refractivity contribution in [3.63, 3.8) is 0 Å². The Kier molecular flexibility index (Phi) is 3.93. The van der Waals surface area contributed by atoms with E-state index < -0.39 is 5.97 Å². The summed E-state index contributed by atoms with van der Waals surface area (Å²) in [6, 6.07) is 15.4. The van der Waals surface area contributed by atoms with Crippen LogP contribution in [0.15, 0.2) is 54.6 Å². The first-order chi connectivity index (χ1) is 9.15. The van der Waals surface area contributed by atoms with Crippen molar-refractivity contribution in [1.82, 2.24) is 0 Å². The van der Waals surface area contributed by atoms with E-state index in [0.29, 0.717) is 17.0 Å². The van der Waals surface area contributed by atoms with E-state index >= 15 is 0 Å². The number of hydrogen-bond acceptors (Lipinski definition) is 3. The lowest BCUT2D eigenvalue weighted by molar-refractivity contribution is -0.114. The van der Waals surface area contributed by atoms with E-state index in [2.05, 4.69) is 5.32 Å². The van der Waals surface area contributed by atoms with Gasteiger partial charge in [-0.25, -0.2) is 4.79 Å². The van der Waals surface area contributed by atoms with Gasteiger partial charge in [0.25, 0.3) is 0 Å². The smallest absolute Gasteiger partial charge is 0.343 e. The van der Waals surface area contributed by atoms with Gasteiger partial charge in [0, 0.05) is 12.6 Å². The Hall–Kier alpha value is -2.62. The molecule has 2 rings (SSSR count). The summed E-state index contributed by atoms with van der Waals surface area (Å²) < 4.78 is 5.20. The fourth-order valence-corrected chi connectivity index (χ4v) is 1.55. The molecule has 0 bridgehead atoms. The van der Waals surface area contributed by atoms with Crippen LogP contribution in [0.2, 0.25) is 0 Å². The predicted octanol–water partition coefficient (Wildman–Crippen LogP) is 2.86. The summed E-state index contributed by atoms with van der Waals surface area (Å²) in [6.45, 7) is 1.43. The van der Waals surface area contributed by atoms with E-state index in [9.17, 15) is 9.59 Å². The summed E-state index contributed by atoms with van der Waals surface area (Å²) in [4.78, 5) is 22.7. The summed E-state index contributed by atoms with van der Waals surface area (Å²) in [5.41, 5.74) is 1.07. The second kappa shape index (κ2) is 5.82. The van der Waals surface area contributed by atoms with Crippen LogP contribution in [0.25, 0.3) is 0 Å². The van der Waals surface area contributed by atoms with Gasteiger partial charge >= 0.3 is 5.97 Å². The molecular formula is C15H13NO3. The molecule has 0 saturated carbocycles. The Labute approximate surface area is 111 Å². The molecule has 0 aliphatic carbocycles. The van der Waals surface area contributed by atoms with Crippen molar-refractivity contribution in [2.24, 2.45) is 0 Å². The molecule has 96 valence electrons. The highest BCUT2D eigenvalue weighted by Crippen LogP contribution is 2.14. The molecule has 1 amide bonds. The lowest BCUT2D eigenvalue weighted by atomic mass is 10.2. The van der Waals surface area contributed by atoms with Gasteiger partial charge in [-0.3, -0.25) is 4.79 Å². The van der Waals surface area contributed by atoms with Crippen LogP contribution in [0.4, 0.5) is 5.69 Å². The Bertz CT molecular complexity index is 576. The number of nitrogens with one attached hydrogen (secondary N) is 1. The zero-order valence-corrected chi connectivity index (χ0v) is 10.4. The van der Waals surface area contributed by atoms with Crippen molar-refractivity contribution in [1.29, 1.82) is 0 Å². The van der Waals surface area contributed by atoms with Crippen molar-refractivity contribution in [3.8, 4) is 5.75 Å². The highest BCUT2D eigenvalue weighted by molar-refractivity contribution is 5.93. The summed E-state index contributed by atoms with van der Waals surface area (Å²) in [7, 11) is 0. The quantitative estimate of drug-likeness (QED) is 0.677. The van der Waals surface area contributed by atoms with Crippen molar-refractivity contribution < 1.29 is 14.3 Å². The number of hydrogen-bond donors (Lipinski definition) is 1. The minimum absolute atomic E-state index is 0.153. The van der Waals surface area contributed by atoms with Crippen LogP contribution in [0, 0.1) is 0 Å². The predicted molar refractivity (Wildman–Crippen MR) is 72.1 cm³/mol. The topological polar surface area (TPSA) is 55.4 Å². The van der Waals surface area contributed by atoms with E-state index in [4.69, 9.17) is 4.74 Å². The van der Waals surface area contributed by atoms with Gasteiger partial charge in [0.05, 0.1) is 5.56 Å². The van der Waals surface area contributed by atoms with Gasteiger partial charge < -0.3 is 10.1 Å². The fourth-order valence-electron chi connectivity index (χ4n) is 1.55. The highest BCUT2D eigenvalue weighted by atomic mass is 16.5. The third kappa shape index (κ3) is 3.67. The molecule has 0 aliphatic heterocycles. The summed E-state index contributed by atoms with van der Waals surface area (Å²) in [6.07, 6.45) is 0. The van der Waals surface area contributed by atoms with Gasteiger partial charge in [0.1, 0.15) is 5.75 Å². The Morgan fingerprint density at radius 1 is 0.947 bits per heavy atom. The van der Waals surface area contributed by atoms with Crippen LogP contribution in [0.5, 0.6) is 5.75 Å². The molecule has 4 nitrogen and oxygen atoms in total. The van der Waals surface area contributed by atoms with Crippen LogP contribution >= 0.6 is 0 Å². The largest absolute Gasteiger partial charge is 0.423 e. The third-order valence-electron chi connectivity index (χ3n) is 2.39. The maximum absolute atomic E-state index is 11.8. The normalized spacial score (nSPS) is 9.74. The van der Waals surface area contributed by atoms with Crippen LogP contribution in [-0.4, -0.2) is 11.9 Å². The van der Waals surface area contributed by atoms with Gasteiger partial charge in [-0.15, -0.1) is 0 Å². The summed E-state index contributed by atoms with van der Waals surface area (Å²) in [5, 5.41) is 2.63. The van der Waals surface area contributed by atoms with Gasteiger partial charge in [-0.2, -0.15) is 0 Å².